The van der Waals surface area contributed by atoms with Crippen molar-refractivity contribution in [2.24, 2.45) is 0 Å². The highest BCUT2D eigenvalue weighted by atomic mass is 16.2. The minimum Gasteiger partial charge on any atom is -0.346 e. The van der Waals surface area contributed by atoms with Crippen molar-refractivity contribution >= 4 is 5.91 Å². The number of hydrogen-bond donors (Lipinski definition) is 1. The summed E-state index contributed by atoms with van der Waals surface area (Å²) in [6.45, 7) is 6.24. The lowest BCUT2D eigenvalue weighted by Crippen LogP contribution is -2.36. The first-order valence-electron chi connectivity index (χ1n) is 8.25. The number of carbonyl (C=O) groups excluding carboxylic acids is 1. The van der Waals surface area contributed by atoms with Gasteiger partial charge in [0.2, 0.25) is 5.91 Å². The largest absolute Gasteiger partial charge is 0.346 e. The van der Waals surface area contributed by atoms with Gasteiger partial charge in [0.15, 0.2) is 0 Å². The quantitative estimate of drug-likeness (QED) is 0.747. The second kappa shape index (κ2) is 7.29. The van der Waals surface area contributed by atoms with Crippen LogP contribution >= 0.6 is 0 Å². The Hall–Kier alpha value is -2.96. The highest BCUT2D eigenvalue weighted by molar-refractivity contribution is 5.80. The van der Waals surface area contributed by atoms with Crippen molar-refractivity contribution in [2.75, 3.05) is 0 Å². The second-order valence-corrected chi connectivity index (χ2v) is 6.14. The Balaban J connectivity index is 1.79. The number of benzene rings is 1. The lowest BCUT2D eigenvalue weighted by Gasteiger charge is -2.22. The Bertz CT molecular complexity index is 825. The van der Waals surface area contributed by atoms with Gasteiger partial charge in [-0.2, -0.15) is 10.2 Å². The van der Waals surface area contributed by atoms with Crippen LogP contribution in [-0.4, -0.2) is 30.5 Å². The summed E-state index contributed by atoms with van der Waals surface area (Å²) in [6, 6.07) is 11.2. The van der Waals surface area contributed by atoms with E-state index < -0.39 is 6.04 Å². The molecule has 2 aromatic heterocycles. The van der Waals surface area contributed by atoms with E-state index in [9.17, 15) is 4.79 Å². The Morgan fingerprint density at radius 3 is 2.60 bits per heavy atom. The molecule has 0 saturated carbocycles. The molecule has 0 bridgehead atoms. The van der Waals surface area contributed by atoms with E-state index in [1.54, 1.807) is 15.7 Å². The van der Waals surface area contributed by atoms with Crippen LogP contribution < -0.4 is 5.32 Å². The summed E-state index contributed by atoms with van der Waals surface area (Å²) >= 11 is 0. The molecule has 0 saturated heterocycles. The van der Waals surface area contributed by atoms with Gasteiger partial charge in [-0.05, 0) is 32.4 Å². The van der Waals surface area contributed by atoms with Crippen LogP contribution in [0.1, 0.15) is 36.0 Å². The van der Waals surface area contributed by atoms with E-state index in [2.05, 4.69) is 20.5 Å². The van der Waals surface area contributed by atoms with Gasteiger partial charge in [-0.3, -0.25) is 14.2 Å². The molecule has 2 atom stereocenters. The van der Waals surface area contributed by atoms with Gasteiger partial charge in [0, 0.05) is 5.69 Å². The van der Waals surface area contributed by atoms with Gasteiger partial charge in [-0.25, -0.2) is 4.98 Å². The summed E-state index contributed by atoms with van der Waals surface area (Å²) in [5, 5.41) is 11.7. The molecule has 0 aliphatic rings. The zero-order chi connectivity index (χ0) is 17.8. The van der Waals surface area contributed by atoms with Gasteiger partial charge in [0.25, 0.3) is 0 Å². The molecule has 2 heterocycles. The Kier molecular flexibility index (Phi) is 4.92. The zero-order valence-electron chi connectivity index (χ0n) is 14.6. The average molecular weight is 338 g/mol. The van der Waals surface area contributed by atoms with Gasteiger partial charge < -0.3 is 5.32 Å². The normalized spacial score (nSPS) is 13.4. The van der Waals surface area contributed by atoms with E-state index in [1.807, 2.05) is 57.2 Å². The molecule has 1 N–H and O–H groups in total. The number of nitrogens with zero attached hydrogens (tertiary/aromatic N) is 5. The number of hydrogen-bond acceptors (Lipinski definition) is 4. The van der Waals surface area contributed by atoms with Crippen molar-refractivity contribution in [1.82, 2.24) is 29.9 Å². The molecule has 1 aromatic carbocycles. The number of amides is 1. The molecule has 1 amide bonds. The minimum absolute atomic E-state index is 0.0832. The standard InChI is InChI=1S/C18H22N6O/c1-13-9-14(2)24(22-13)15(3)18(25)21-17(10-23-12-19-11-20-23)16-7-5-4-6-8-16/h4-9,11-12,15,17H,10H2,1-3H3,(H,21,25). The molecule has 0 radical (unpaired) electrons. The van der Waals surface area contributed by atoms with Crippen molar-refractivity contribution in [3.8, 4) is 0 Å². The van der Waals surface area contributed by atoms with Gasteiger partial charge in [-0.1, -0.05) is 30.3 Å². The third-order valence-electron chi connectivity index (χ3n) is 4.15. The van der Waals surface area contributed by atoms with Crippen LogP contribution in [-0.2, 0) is 11.3 Å². The molecule has 3 aromatic rings. The summed E-state index contributed by atoms with van der Waals surface area (Å²) in [4.78, 5) is 16.8. The fourth-order valence-corrected chi connectivity index (χ4v) is 2.88. The topological polar surface area (TPSA) is 77.6 Å². The predicted molar refractivity (Wildman–Crippen MR) is 93.8 cm³/mol. The van der Waals surface area contributed by atoms with Crippen molar-refractivity contribution in [2.45, 2.75) is 39.4 Å². The minimum atomic E-state index is -0.393. The number of rotatable bonds is 6. The molecule has 25 heavy (non-hydrogen) atoms. The smallest absolute Gasteiger partial charge is 0.245 e. The predicted octanol–water partition coefficient (Wildman–Crippen LogP) is 2.21. The Morgan fingerprint density at radius 2 is 2.00 bits per heavy atom. The van der Waals surface area contributed by atoms with E-state index in [4.69, 9.17) is 0 Å². The lowest BCUT2D eigenvalue weighted by molar-refractivity contribution is -0.125. The molecule has 2 unspecified atom stereocenters. The fourth-order valence-electron chi connectivity index (χ4n) is 2.88. The van der Waals surface area contributed by atoms with E-state index in [1.165, 1.54) is 6.33 Å². The first kappa shape index (κ1) is 16.9. The number of aromatic nitrogens is 5. The summed E-state index contributed by atoms with van der Waals surface area (Å²) < 4.78 is 3.47. The molecule has 3 rings (SSSR count). The van der Waals surface area contributed by atoms with Crippen LogP contribution in [0.5, 0.6) is 0 Å². The van der Waals surface area contributed by atoms with Crippen molar-refractivity contribution in [1.29, 1.82) is 0 Å². The second-order valence-electron chi connectivity index (χ2n) is 6.14. The third-order valence-corrected chi connectivity index (χ3v) is 4.15. The SMILES string of the molecule is Cc1cc(C)n(C(C)C(=O)NC(Cn2cncn2)c2ccccc2)n1. The molecule has 7 heteroatoms. The van der Waals surface area contributed by atoms with Crippen molar-refractivity contribution in [3.05, 3.63) is 66.0 Å². The van der Waals surface area contributed by atoms with Crippen LogP contribution in [0.15, 0.2) is 49.1 Å². The first-order valence-corrected chi connectivity index (χ1v) is 8.25. The zero-order valence-corrected chi connectivity index (χ0v) is 14.6. The van der Waals surface area contributed by atoms with Crippen LogP contribution in [0.3, 0.4) is 0 Å². The Labute approximate surface area is 146 Å². The highest BCUT2D eigenvalue weighted by Crippen LogP contribution is 2.17. The monoisotopic (exact) mass is 338 g/mol. The highest BCUT2D eigenvalue weighted by Gasteiger charge is 2.22. The van der Waals surface area contributed by atoms with E-state index in [0.29, 0.717) is 6.54 Å². The van der Waals surface area contributed by atoms with E-state index in [0.717, 1.165) is 17.0 Å². The van der Waals surface area contributed by atoms with Crippen LogP contribution in [0.2, 0.25) is 0 Å². The van der Waals surface area contributed by atoms with E-state index >= 15 is 0 Å². The summed E-state index contributed by atoms with van der Waals surface area (Å²) in [7, 11) is 0. The first-order chi connectivity index (χ1) is 12.0. The van der Waals surface area contributed by atoms with Gasteiger partial charge >= 0.3 is 0 Å². The van der Waals surface area contributed by atoms with Crippen molar-refractivity contribution in [3.63, 3.8) is 0 Å². The molecule has 0 spiro atoms. The molecular weight excluding hydrogens is 316 g/mol. The molecule has 7 nitrogen and oxygen atoms in total. The van der Waals surface area contributed by atoms with Crippen LogP contribution in [0.25, 0.3) is 0 Å². The van der Waals surface area contributed by atoms with Crippen LogP contribution in [0, 0.1) is 13.8 Å². The van der Waals surface area contributed by atoms with Crippen LogP contribution in [0.4, 0.5) is 0 Å². The number of aryl methyl sites for hydroxylation is 2. The lowest BCUT2D eigenvalue weighted by atomic mass is 10.1. The maximum Gasteiger partial charge on any atom is 0.245 e. The van der Waals surface area contributed by atoms with E-state index in [-0.39, 0.29) is 11.9 Å². The maximum atomic E-state index is 12.8. The summed E-state index contributed by atoms with van der Waals surface area (Å²) in [6.07, 6.45) is 3.13. The Morgan fingerprint density at radius 1 is 1.24 bits per heavy atom. The molecular formula is C18H22N6O. The summed E-state index contributed by atoms with van der Waals surface area (Å²) in [5.74, 6) is -0.0832. The van der Waals surface area contributed by atoms with Crippen molar-refractivity contribution < 1.29 is 4.79 Å². The molecule has 0 aliphatic carbocycles. The number of nitrogens with one attached hydrogen (secondary N) is 1. The molecule has 0 aliphatic heterocycles. The maximum absolute atomic E-state index is 12.8. The van der Waals surface area contributed by atoms with Gasteiger partial charge in [0.1, 0.15) is 18.7 Å². The molecule has 130 valence electrons. The average Bonchev–Trinajstić information content (AvgIpc) is 3.23. The molecule has 0 fully saturated rings. The number of carbonyl (C=O) groups is 1. The van der Waals surface area contributed by atoms with Gasteiger partial charge in [0.05, 0.1) is 18.3 Å². The third kappa shape index (κ3) is 3.93. The summed E-state index contributed by atoms with van der Waals surface area (Å²) in [5.41, 5.74) is 2.89. The fraction of sp³-hybridized carbons (Fsp3) is 0.333. The van der Waals surface area contributed by atoms with Gasteiger partial charge in [-0.15, -0.1) is 0 Å².